The second kappa shape index (κ2) is 5.35. The zero-order chi connectivity index (χ0) is 15.0. The standard InChI is InChI=1S/C14H12ClF3N2O/c15-10-2-3-11-9(7-10)1-4-13(19-11)20-5-6-21-12(8-20)14(16,17)18/h1-4,7,12H,5-6,8H2/t12-/m0/s1. The third-order valence-electron chi connectivity index (χ3n) is 3.39. The zero-order valence-corrected chi connectivity index (χ0v) is 11.7. The Hall–Kier alpha value is -1.53. The van der Waals surface area contributed by atoms with Gasteiger partial charge in [-0.3, -0.25) is 0 Å². The molecule has 1 atom stereocenters. The van der Waals surface area contributed by atoms with E-state index in [9.17, 15) is 13.2 Å². The first kappa shape index (κ1) is 14.4. The highest BCUT2D eigenvalue weighted by Crippen LogP contribution is 2.28. The number of hydrogen-bond acceptors (Lipinski definition) is 3. The summed E-state index contributed by atoms with van der Waals surface area (Å²) in [4.78, 5) is 5.99. The number of rotatable bonds is 1. The van der Waals surface area contributed by atoms with Gasteiger partial charge in [-0.1, -0.05) is 11.6 Å². The van der Waals surface area contributed by atoms with Crippen molar-refractivity contribution >= 4 is 28.3 Å². The molecule has 1 aliphatic heterocycles. The first-order chi connectivity index (χ1) is 9.93. The lowest BCUT2D eigenvalue weighted by atomic mass is 10.2. The molecule has 2 heterocycles. The summed E-state index contributed by atoms with van der Waals surface area (Å²) in [6.45, 7) is 0.179. The molecule has 7 heteroatoms. The van der Waals surface area contributed by atoms with Crippen molar-refractivity contribution in [2.45, 2.75) is 12.3 Å². The van der Waals surface area contributed by atoms with Crippen LogP contribution in [0.1, 0.15) is 0 Å². The summed E-state index contributed by atoms with van der Waals surface area (Å²) >= 11 is 5.90. The average Bonchev–Trinajstić information content (AvgIpc) is 2.46. The van der Waals surface area contributed by atoms with E-state index in [4.69, 9.17) is 16.3 Å². The maximum absolute atomic E-state index is 12.7. The molecule has 1 aromatic heterocycles. The maximum atomic E-state index is 12.7. The Kier molecular flexibility index (Phi) is 3.67. The van der Waals surface area contributed by atoms with Crippen molar-refractivity contribution in [3.05, 3.63) is 35.4 Å². The van der Waals surface area contributed by atoms with Crippen LogP contribution in [0.25, 0.3) is 10.9 Å². The van der Waals surface area contributed by atoms with Gasteiger partial charge in [0.25, 0.3) is 0 Å². The van der Waals surface area contributed by atoms with Crippen molar-refractivity contribution in [2.24, 2.45) is 0 Å². The van der Waals surface area contributed by atoms with Crippen LogP contribution in [0.5, 0.6) is 0 Å². The van der Waals surface area contributed by atoms with Crippen molar-refractivity contribution in [3.8, 4) is 0 Å². The van der Waals surface area contributed by atoms with E-state index in [0.717, 1.165) is 5.39 Å². The van der Waals surface area contributed by atoms with Gasteiger partial charge in [-0.25, -0.2) is 4.98 Å². The number of morpholine rings is 1. The molecule has 0 N–H and O–H groups in total. The Balaban J connectivity index is 1.88. The predicted octanol–water partition coefficient (Wildman–Crippen LogP) is 3.66. The molecular weight excluding hydrogens is 305 g/mol. The molecule has 0 radical (unpaired) electrons. The van der Waals surface area contributed by atoms with E-state index in [1.54, 1.807) is 29.2 Å². The molecule has 0 saturated carbocycles. The molecule has 0 bridgehead atoms. The first-order valence-electron chi connectivity index (χ1n) is 6.43. The van der Waals surface area contributed by atoms with Crippen LogP contribution in [0.4, 0.5) is 19.0 Å². The number of ether oxygens (including phenoxy) is 1. The van der Waals surface area contributed by atoms with E-state index in [1.165, 1.54) is 0 Å². The quantitative estimate of drug-likeness (QED) is 0.803. The molecular formula is C14H12ClF3N2O. The molecule has 0 aliphatic carbocycles. The monoisotopic (exact) mass is 316 g/mol. The van der Waals surface area contributed by atoms with E-state index < -0.39 is 12.3 Å². The molecule has 1 aliphatic rings. The number of benzene rings is 1. The van der Waals surface area contributed by atoms with E-state index in [0.29, 0.717) is 22.9 Å². The minimum atomic E-state index is -4.36. The van der Waals surface area contributed by atoms with Crippen LogP contribution in [0.2, 0.25) is 5.02 Å². The highest BCUT2D eigenvalue weighted by Gasteiger charge is 2.43. The fourth-order valence-corrected chi connectivity index (χ4v) is 2.50. The van der Waals surface area contributed by atoms with Crippen molar-refractivity contribution in [1.82, 2.24) is 4.98 Å². The van der Waals surface area contributed by atoms with Gasteiger partial charge in [0.15, 0.2) is 6.10 Å². The van der Waals surface area contributed by atoms with Gasteiger partial charge in [-0.05, 0) is 30.3 Å². The molecule has 112 valence electrons. The summed E-state index contributed by atoms with van der Waals surface area (Å²) in [6, 6.07) is 8.74. The summed E-state index contributed by atoms with van der Waals surface area (Å²) in [7, 11) is 0. The number of pyridine rings is 1. The zero-order valence-electron chi connectivity index (χ0n) is 10.9. The lowest BCUT2D eigenvalue weighted by molar-refractivity contribution is -0.221. The van der Waals surface area contributed by atoms with E-state index in [-0.39, 0.29) is 13.2 Å². The Labute approximate surface area is 124 Å². The van der Waals surface area contributed by atoms with Crippen LogP contribution in [-0.4, -0.2) is 37.0 Å². The molecule has 2 aromatic rings. The van der Waals surface area contributed by atoms with Crippen molar-refractivity contribution in [1.29, 1.82) is 0 Å². The van der Waals surface area contributed by atoms with Gasteiger partial charge in [0.1, 0.15) is 5.82 Å². The molecule has 3 nitrogen and oxygen atoms in total. The first-order valence-corrected chi connectivity index (χ1v) is 6.81. The fraction of sp³-hybridized carbons (Fsp3) is 0.357. The molecule has 0 spiro atoms. The molecule has 1 aromatic carbocycles. The minimum absolute atomic E-state index is 0.0323. The Bertz CT molecular complexity index is 662. The lowest BCUT2D eigenvalue weighted by Crippen LogP contribution is -2.49. The van der Waals surface area contributed by atoms with Crippen molar-refractivity contribution in [3.63, 3.8) is 0 Å². The van der Waals surface area contributed by atoms with Crippen LogP contribution in [-0.2, 0) is 4.74 Å². The van der Waals surface area contributed by atoms with Gasteiger partial charge in [-0.15, -0.1) is 0 Å². The van der Waals surface area contributed by atoms with Crippen LogP contribution in [0.3, 0.4) is 0 Å². The summed E-state index contributed by atoms with van der Waals surface area (Å²) < 4.78 is 43.0. The average molecular weight is 317 g/mol. The second-order valence-electron chi connectivity index (χ2n) is 4.85. The summed E-state index contributed by atoms with van der Waals surface area (Å²) in [6.07, 6.45) is -6.13. The SMILES string of the molecule is FC(F)(F)[C@@H]1CN(c2ccc3cc(Cl)ccc3n2)CCO1. The fourth-order valence-electron chi connectivity index (χ4n) is 2.32. The van der Waals surface area contributed by atoms with Crippen LogP contribution >= 0.6 is 11.6 Å². The van der Waals surface area contributed by atoms with Crippen molar-refractivity contribution < 1.29 is 17.9 Å². The highest BCUT2D eigenvalue weighted by molar-refractivity contribution is 6.31. The van der Waals surface area contributed by atoms with E-state index >= 15 is 0 Å². The molecule has 0 unspecified atom stereocenters. The smallest absolute Gasteiger partial charge is 0.365 e. The number of hydrogen-bond donors (Lipinski definition) is 0. The summed E-state index contributed by atoms with van der Waals surface area (Å²) in [5.41, 5.74) is 0.701. The predicted molar refractivity (Wildman–Crippen MR) is 74.8 cm³/mol. The number of nitrogens with zero attached hydrogens (tertiary/aromatic N) is 2. The molecule has 3 rings (SSSR count). The normalized spacial score (nSPS) is 20.0. The third-order valence-corrected chi connectivity index (χ3v) is 3.63. The van der Waals surface area contributed by atoms with Gasteiger partial charge in [0.05, 0.1) is 18.7 Å². The summed E-state index contributed by atoms with van der Waals surface area (Å²) in [5, 5.41) is 1.45. The number of fused-ring (bicyclic) bond motifs is 1. The van der Waals surface area contributed by atoms with Gasteiger partial charge >= 0.3 is 6.18 Å². The molecule has 1 fully saturated rings. The molecule has 1 saturated heterocycles. The number of aromatic nitrogens is 1. The number of halogens is 4. The van der Waals surface area contributed by atoms with Gasteiger partial charge < -0.3 is 9.64 Å². The van der Waals surface area contributed by atoms with Gasteiger partial charge in [0, 0.05) is 17.0 Å². The minimum Gasteiger partial charge on any atom is -0.365 e. The highest BCUT2D eigenvalue weighted by atomic mass is 35.5. The Morgan fingerprint density at radius 3 is 2.81 bits per heavy atom. The maximum Gasteiger partial charge on any atom is 0.416 e. The van der Waals surface area contributed by atoms with Crippen LogP contribution < -0.4 is 4.90 Å². The Morgan fingerprint density at radius 2 is 2.05 bits per heavy atom. The van der Waals surface area contributed by atoms with E-state index in [1.807, 2.05) is 6.07 Å². The van der Waals surface area contributed by atoms with Crippen molar-refractivity contribution in [2.75, 3.05) is 24.6 Å². The second-order valence-corrected chi connectivity index (χ2v) is 5.29. The summed E-state index contributed by atoms with van der Waals surface area (Å²) in [5.74, 6) is 0.516. The Morgan fingerprint density at radius 1 is 1.24 bits per heavy atom. The molecule has 21 heavy (non-hydrogen) atoms. The van der Waals surface area contributed by atoms with Crippen LogP contribution in [0, 0.1) is 0 Å². The number of anilines is 1. The lowest BCUT2D eigenvalue weighted by Gasteiger charge is -2.34. The van der Waals surface area contributed by atoms with Crippen LogP contribution in [0.15, 0.2) is 30.3 Å². The molecule has 0 amide bonds. The number of alkyl halides is 3. The van der Waals surface area contributed by atoms with E-state index in [2.05, 4.69) is 4.98 Å². The largest absolute Gasteiger partial charge is 0.416 e. The third kappa shape index (κ3) is 3.06. The topological polar surface area (TPSA) is 25.4 Å². The van der Waals surface area contributed by atoms with Gasteiger partial charge in [0.2, 0.25) is 0 Å². The van der Waals surface area contributed by atoms with Gasteiger partial charge in [-0.2, -0.15) is 13.2 Å².